The number of carbonyl (C=O) groups excluding carboxylic acids is 1. The molecule has 0 rings (SSSR count). The zero-order chi connectivity index (χ0) is 12.9. The molecule has 0 fully saturated rings. The fraction of sp³-hybridized carbons (Fsp3) is 0.889. The minimum absolute atomic E-state index is 0.221. The van der Waals surface area contributed by atoms with Crippen LogP contribution < -0.4 is 5.09 Å². The summed E-state index contributed by atoms with van der Waals surface area (Å²) in [5, 5.41) is 2.30. The highest BCUT2D eigenvalue weighted by Gasteiger charge is 2.33. The fourth-order valence-electron chi connectivity index (χ4n) is 0.979. The molecule has 0 saturated heterocycles. The highest BCUT2D eigenvalue weighted by molar-refractivity contribution is 8.57. The third-order valence-corrected chi connectivity index (χ3v) is 8.17. The molecule has 7 heteroatoms. The van der Waals surface area contributed by atoms with E-state index in [-0.39, 0.29) is 11.2 Å². The summed E-state index contributed by atoms with van der Waals surface area (Å²) in [5.74, 6) is -0.324. The lowest BCUT2D eigenvalue weighted by Gasteiger charge is -2.29. The molecule has 0 aromatic carbocycles. The molecule has 16 heavy (non-hydrogen) atoms. The van der Waals surface area contributed by atoms with E-state index < -0.39 is 12.0 Å². The first-order chi connectivity index (χ1) is 7.28. The Balaban J connectivity index is 4.82. The van der Waals surface area contributed by atoms with Crippen LogP contribution in [-0.2, 0) is 9.36 Å². The second kappa shape index (κ2) is 6.90. The molecule has 0 bridgehead atoms. The number of nitrogens with zero attached hydrogens (tertiary/aromatic N) is 1. The highest BCUT2D eigenvalue weighted by atomic mass is 35.5. The third kappa shape index (κ3) is 4.28. The van der Waals surface area contributed by atoms with Crippen LogP contribution >= 0.6 is 29.6 Å². The van der Waals surface area contributed by atoms with Crippen molar-refractivity contribution in [2.75, 3.05) is 14.1 Å². The fourth-order valence-corrected chi connectivity index (χ4v) is 5.70. The molecular weight excluding hydrogens is 267 g/mol. The van der Waals surface area contributed by atoms with Crippen molar-refractivity contribution in [2.45, 2.75) is 37.8 Å². The third-order valence-electron chi connectivity index (χ3n) is 2.23. The van der Waals surface area contributed by atoms with Crippen molar-refractivity contribution in [1.82, 2.24) is 9.76 Å². The Labute approximate surface area is 107 Å². The van der Waals surface area contributed by atoms with Gasteiger partial charge in [-0.2, -0.15) is 0 Å². The van der Waals surface area contributed by atoms with Crippen molar-refractivity contribution in [3.05, 3.63) is 0 Å². The molecule has 0 aromatic rings. The van der Waals surface area contributed by atoms with Crippen LogP contribution in [0.15, 0.2) is 0 Å². The number of alkyl halides is 1. The smallest absolute Gasteiger partial charge is 0.275 e. The molecule has 96 valence electrons. The van der Waals surface area contributed by atoms with Gasteiger partial charge < -0.3 is 0 Å². The van der Waals surface area contributed by atoms with Gasteiger partial charge in [0.25, 0.3) is 6.65 Å². The predicted molar refractivity (Wildman–Crippen MR) is 72.1 cm³/mol. The Morgan fingerprint density at radius 1 is 1.56 bits per heavy atom. The Morgan fingerprint density at radius 2 is 2.06 bits per heavy atom. The summed E-state index contributed by atoms with van der Waals surface area (Å²) >= 11 is 7.00. The van der Waals surface area contributed by atoms with Gasteiger partial charge in [0.1, 0.15) is 5.38 Å². The van der Waals surface area contributed by atoms with E-state index in [1.54, 1.807) is 14.0 Å². The SMILES string of the molecule is CCC(C)SP(=O)(NC)N(C)C(=O)C(C)Cl. The van der Waals surface area contributed by atoms with E-state index >= 15 is 0 Å². The van der Waals surface area contributed by atoms with Gasteiger partial charge >= 0.3 is 0 Å². The molecule has 4 nitrogen and oxygen atoms in total. The minimum atomic E-state index is -2.91. The molecule has 3 atom stereocenters. The van der Waals surface area contributed by atoms with Crippen LogP contribution in [0.4, 0.5) is 0 Å². The van der Waals surface area contributed by atoms with E-state index in [1.807, 2.05) is 13.8 Å². The Bertz CT molecular complexity index is 289. The monoisotopic (exact) mass is 286 g/mol. The lowest BCUT2D eigenvalue weighted by Crippen LogP contribution is -2.32. The molecule has 0 aliphatic heterocycles. The van der Waals surface area contributed by atoms with Gasteiger partial charge in [0.05, 0.1) is 0 Å². The van der Waals surface area contributed by atoms with Crippen molar-refractivity contribution in [1.29, 1.82) is 0 Å². The van der Waals surface area contributed by atoms with Crippen molar-refractivity contribution in [3.63, 3.8) is 0 Å². The summed E-state index contributed by atoms with van der Waals surface area (Å²) in [6, 6.07) is 0. The maximum Gasteiger partial charge on any atom is 0.294 e. The summed E-state index contributed by atoms with van der Waals surface area (Å²) < 4.78 is 13.7. The number of nitrogens with one attached hydrogen (secondary N) is 1. The van der Waals surface area contributed by atoms with E-state index in [9.17, 15) is 9.36 Å². The average Bonchev–Trinajstić information content (AvgIpc) is 2.26. The Kier molecular flexibility index (Phi) is 7.03. The number of hydrogen-bond acceptors (Lipinski definition) is 3. The first-order valence-corrected chi connectivity index (χ1v) is 8.76. The van der Waals surface area contributed by atoms with Gasteiger partial charge in [-0.15, -0.1) is 11.6 Å². The minimum Gasteiger partial charge on any atom is -0.275 e. The summed E-state index contributed by atoms with van der Waals surface area (Å²) in [5.41, 5.74) is 0. The van der Waals surface area contributed by atoms with Gasteiger partial charge in [-0.1, -0.05) is 25.2 Å². The van der Waals surface area contributed by atoms with Crippen LogP contribution in [0.2, 0.25) is 0 Å². The van der Waals surface area contributed by atoms with Crippen LogP contribution in [-0.4, -0.2) is 35.3 Å². The van der Waals surface area contributed by atoms with Crippen molar-refractivity contribution in [2.24, 2.45) is 0 Å². The summed E-state index contributed by atoms with van der Waals surface area (Å²) in [6.45, 7) is 2.67. The van der Waals surface area contributed by atoms with Crippen LogP contribution in [0.25, 0.3) is 0 Å². The van der Waals surface area contributed by atoms with Gasteiger partial charge in [-0.05, 0) is 20.4 Å². The maximum atomic E-state index is 12.5. The highest BCUT2D eigenvalue weighted by Crippen LogP contribution is 2.59. The van der Waals surface area contributed by atoms with Crippen LogP contribution in [0, 0.1) is 0 Å². The van der Waals surface area contributed by atoms with Crippen molar-refractivity contribution in [3.8, 4) is 0 Å². The lowest BCUT2D eigenvalue weighted by atomic mass is 10.4. The second-order valence-corrected chi connectivity index (χ2v) is 9.42. The number of amides is 1. The first-order valence-electron chi connectivity index (χ1n) is 5.18. The summed E-state index contributed by atoms with van der Waals surface area (Å²) in [7, 11) is 3.12. The topological polar surface area (TPSA) is 49.4 Å². The zero-order valence-electron chi connectivity index (χ0n) is 10.4. The van der Waals surface area contributed by atoms with Gasteiger partial charge in [-0.3, -0.25) is 14.0 Å². The molecule has 0 radical (unpaired) electrons. The zero-order valence-corrected chi connectivity index (χ0v) is 12.8. The summed E-state index contributed by atoms with van der Waals surface area (Å²) in [4.78, 5) is 11.7. The molecule has 0 aliphatic carbocycles. The Hall–Kier alpha value is 0.300. The molecule has 0 aliphatic rings. The molecule has 1 amide bonds. The lowest BCUT2D eigenvalue weighted by molar-refractivity contribution is -0.125. The quantitative estimate of drug-likeness (QED) is 0.602. The van der Waals surface area contributed by atoms with E-state index in [0.717, 1.165) is 6.42 Å². The molecular formula is C9H20ClN2O2PS. The van der Waals surface area contributed by atoms with Gasteiger partial charge in [0.15, 0.2) is 0 Å². The van der Waals surface area contributed by atoms with Crippen LogP contribution in [0.1, 0.15) is 27.2 Å². The van der Waals surface area contributed by atoms with Crippen LogP contribution in [0.3, 0.4) is 0 Å². The number of hydrogen-bond donors (Lipinski definition) is 1. The molecule has 0 spiro atoms. The second-order valence-electron chi connectivity index (χ2n) is 3.55. The first kappa shape index (κ1) is 16.3. The molecule has 0 heterocycles. The van der Waals surface area contributed by atoms with E-state index in [0.29, 0.717) is 0 Å². The predicted octanol–water partition coefficient (Wildman–Crippen LogP) is 2.93. The largest absolute Gasteiger partial charge is 0.294 e. The summed E-state index contributed by atoms with van der Waals surface area (Å²) in [6.07, 6.45) is 0.898. The molecule has 3 unspecified atom stereocenters. The number of rotatable bonds is 6. The standard InChI is InChI=1S/C9H20ClN2O2PS/c1-6-7(2)16-15(14,11-4)12(5)9(13)8(3)10/h7-8H,6H2,1-5H3,(H,11,14). The average molecular weight is 287 g/mol. The van der Waals surface area contributed by atoms with E-state index in [4.69, 9.17) is 11.6 Å². The van der Waals surface area contributed by atoms with Crippen LogP contribution in [0.5, 0.6) is 0 Å². The normalized spacial score (nSPS) is 18.6. The van der Waals surface area contributed by atoms with E-state index in [1.165, 1.54) is 23.1 Å². The van der Waals surface area contributed by atoms with Crippen molar-refractivity contribution < 1.29 is 9.36 Å². The van der Waals surface area contributed by atoms with Gasteiger partial charge in [-0.25, -0.2) is 5.09 Å². The molecule has 1 N–H and O–H groups in total. The van der Waals surface area contributed by atoms with E-state index in [2.05, 4.69) is 5.09 Å². The Morgan fingerprint density at radius 3 is 2.38 bits per heavy atom. The number of halogens is 1. The number of carbonyl (C=O) groups is 1. The van der Waals surface area contributed by atoms with Crippen molar-refractivity contribution >= 4 is 35.5 Å². The maximum absolute atomic E-state index is 12.5. The molecule has 0 aromatic heterocycles. The molecule has 0 saturated carbocycles. The van der Waals surface area contributed by atoms with Gasteiger partial charge in [0, 0.05) is 12.3 Å². The van der Waals surface area contributed by atoms with Gasteiger partial charge in [0.2, 0.25) is 5.91 Å².